The van der Waals surface area contributed by atoms with Crippen molar-refractivity contribution in [1.82, 2.24) is 0 Å². The van der Waals surface area contributed by atoms with Crippen molar-refractivity contribution < 1.29 is 9.47 Å². The maximum atomic E-state index is 5.17. The van der Waals surface area contributed by atoms with Crippen molar-refractivity contribution in [2.75, 3.05) is 14.2 Å². The molecule has 1 rings (SSSR count). The number of rotatable bonds is 4. The zero-order valence-corrected chi connectivity index (χ0v) is 8.51. The zero-order chi connectivity index (χ0) is 9.84. The lowest BCUT2D eigenvalue weighted by molar-refractivity contribution is 0.192. The molecule has 13 heavy (non-hydrogen) atoms. The minimum atomic E-state index is 0.400. The van der Waals surface area contributed by atoms with Gasteiger partial charge in [0.1, 0.15) is 7.28 Å². The van der Waals surface area contributed by atoms with Crippen LogP contribution in [0.15, 0.2) is 24.7 Å². The van der Waals surface area contributed by atoms with E-state index in [-0.39, 0.29) is 0 Å². The Bertz CT molecular complexity index is 191. The standard InChI is InChI=1S/C10H17BO2/c1-7(12-3)9-5-11-6-10(9)8(2)13-4/h9-11H,1-2,5-6H2,3-4H3. The lowest BCUT2D eigenvalue weighted by Gasteiger charge is -2.22. The highest BCUT2D eigenvalue weighted by Crippen LogP contribution is 2.37. The summed E-state index contributed by atoms with van der Waals surface area (Å²) < 4.78 is 10.3. The van der Waals surface area contributed by atoms with Crippen LogP contribution in [0, 0.1) is 11.8 Å². The first-order valence-corrected chi connectivity index (χ1v) is 4.66. The summed E-state index contributed by atoms with van der Waals surface area (Å²) in [5.41, 5.74) is 0. The Morgan fingerprint density at radius 3 is 1.77 bits per heavy atom. The molecule has 0 saturated carbocycles. The molecule has 3 heteroatoms. The van der Waals surface area contributed by atoms with E-state index in [1.54, 1.807) is 14.2 Å². The molecule has 0 aromatic rings. The van der Waals surface area contributed by atoms with Crippen LogP contribution in [0.2, 0.25) is 12.6 Å². The predicted octanol–water partition coefficient (Wildman–Crippen LogP) is 1.83. The topological polar surface area (TPSA) is 18.5 Å². The lowest BCUT2D eigenvalue weighted by Crippen LogP contribution is -2.13. The second-order valence-electron chi connectivity index (χ2n) is 3.48. The summed E-state index contributed by atoms with van der Waals surface area (Å²) in [6.45, 7) is 7.81. The third-order valence-corrected chi connectivity index (χ3v) is 2.87. The average molecular weight is 180 g/mol. The second-order valence-corrected chi connectivity index (χ2v) is 3.48. The monoisotopic (exact) mass is 180 g/mol. The highest BCUT2D eigenvalue weighted by molar-refractivity contribution is 6.37. The van der Waals surface area contributed by atoms with E-state index in [2.05, 4.69) is 13.2 Å². The van der Waals surface area contributed by atoms with E-state index in [4.69, 9.17) is 9.47 Å². The van der Waals surface area contributed by atoms with Gasteiger partial charge in [-0.25, -0.2) is 0 Å². The van der Waals surface area contributed by atoms with Crippen molar-refractivity contribution >= 4 is 7.28 Å². The van der Waals surface area contributed by atoms with Crippen molar-refractivity contribution in [2.45, 2.75) is 12.6 Å². The maximum Gasteiger partial charge on any atom is 0.122 e. The highest BCUT2D eigenvalue weighted by atomic mass is 16.5. The van der Waals surface area contributed by atoms with Gasteiger partial charge in [-0.1, -0.05) is 25.8 Å². The molecular formula is C10H17BO2. The van der Waals surface area contributed by atoms with E-state index in [0.717, 1.165) is 24.2 Å². The summed E-state index contributed by atoms with van der Waals surface area (Å²) in [5.74, 6) is 2.52. The average Bonchev–Trinajstić information content (AvgIpc) is 2.63. The minimum Gasteiger partial charge on any atom is -0.501 e. The zero-order valence-electron chi connectivity index (χ0n) is 8.51. The molecule has 2 atom stereocenters. The first kappa shape index (κ1) is 10.2. The van der Waals surface area contributed by atoms with Crippen molar-refractivity contribution in [3.05, 3.63) is 24.7 Å². The fourth-order valence-corrected chi connectivity index (χ4v) is 2.03. The van der Waals surface area contributed by atoms with Crippen LogP contribution < -0.4 is 0 Å². The molecule has 0 bridgehead atoms. The number of allylic oxidation sites excluding steroid dienone is 2. The molecule has 1 fully saturated rings. The maximum absolute atomic E-state index is 5.17. The van der Waals surface area contributed by atoms with E-state index < -0.39 is 0 Å². The molecule has 72 valence electrons. The molecule has 2 nitrogen and oxygen atoms in total. The normalized spacial score (nSPS) is 26.3. The van der Waals surface area contributed by atoms with Crippen molar-refractivity contribution in [2.24, 2.45) is 11.8 Å². The fraction of sp³-hybridized carbons (Fsp3) is 0.600. The van der Waals surface area contributed by atoms with E-state index in [9.17, 15) is 0 Å². The lowest BCUT2D eigenvalue weighted by atomic mass is 9.75. The van der Waals surface area contributed by atoms with Gasteiger partial charge in [0.25, 0.3) is 0 Å². The quantitative estimate of drug-likeness (QED) is 0.485. The van der Waals surface area contributed by atoms with Gasteiger partial charge in [-0.15, -0.1) is 0 Å². The summed E-state index contributed by atoms with van der Waals surface area (Å²) in [4.78, 5) is 0. The van der Waals surface area contributed by atoms with E-state index in [1.165, 1.54) is 7.28 Å². The Kier molecular flexibility index (Phi) is 3.46. The summed E-state index contributed by atoms with van der Waals surface area (Å²) in [7, 11) is 4.56. The molecule has 0 amide bonds. The SMILES string of the molecule is C=C(OC)C1CBCC1C(=C)OC. The Balaban J connectivity index is 2.63. The second kappa shape index (κ2) is 4.40. The molecule has 1 aliphatic heterocycles. The molecular weight excluding hydrogens is 163 g/mol. The van der Waals surface area contributed by atoms with Crippen LogP contribution in [0.25, 0.3) is 0 Å². The number of ether oxygens (including phenoxy) is 2. The Labute approximate surface area is 80.9 Å². The Hall–Kier alpha value is -0.855. The van der Waals surface area contributed by atoms with Gasteiger partial charge < -0.3 is 9.47 Å². The van der Waals surface area contributed by atoms with Crippen LogP contribution in [0.4, 0.5) is 0 Å². The molecule has 1 saturated heterocycles. The summed E-state index contributed by atoms with van der Waals surface area (Å²) in [5, 5.41) is 0. The molecule has 0 spiro atoms. The van der Waals surface area contributed by atoms with Crippen molar-refractivity contribution in [3.63, 3.8) is 0 Å². The van der Waals surface area contributed by atoms with Gasteiger partial charge in [-0.2, -0.15) is 0 Å². The third-order valence-electron chi connectivity index (χ3n) is 2.87. The highest BCUT2D eigenvalue weighted by Gasteiger charge is 2.33. The van der Waals surface area contributed by atoms with Crippen molar-refractivity contribution in [3.8, 4) is 0 Å². The molecule has 1 aliphatic rings. The smallest absolute Gasteiger partial charge is 0.122 e. The molecule has 1 heterocycles. The van der Waals surface area contributed by atoms with Crippen LogP contribution in [0.1, 0.15) is 0 Å². The van der Waals surface area contributed by atoms with Crippen LogP contribution >= 0.6 is 0 Å². The number of hydrogen-bond acceptors (Lipinski definition) is 2. The van der Waals surface area contributed by atoms with Gasteiger partial charge in [-0.05, 0) is 0 Å². The molecule has 0 N–H and O–H groups in total. The summed E-state index contributed by atoms with van der Waals surface area (Å²) >= 11 is 0. The number of methoxy groups -OCH3 is 2. The molecule has 0 radical (unpaired) electrons. The van der Waals surface area contributed by atoms with Crippen molar-refractivity contribution in [1.29, 1.82) is 0 Å². The molecule has 0 aliphatic carbocycles. The molecule has 2 unspecified atom stereocenters. The van der Waals surface area contributed by atoms with Gasteiger partial charge in [0.05, 0.1) is 25.7 Å². The Morgan fingerprint density at radius 1 is 1.08 bits per heavy atom. The number of hydrogen-bond donors (Lipinski definition) is 0. The van der Waals surface area contributed by atoms with Crippen LogP contribution in [0.5, 0.6) is 0 Å². The van der Waals surface area contributed by atoms with Crippen LogP contribution in [0.3, 0.4) is 0 Å². The van der Waals surface area contributed by atoms with E-state index in [0.29, 0.717) is 11.8 Å². The van der Waals surface area contributed by atoms with Gasteiger partial charge in [-0.3, -0.25) is 0 Å². The van der Waals surface area contributed by atoms with Crippen LogP contribution in [-0.2, 0) is 9.47 Å². The van der Waals surface area contributed by atoms with Gasteiger partial charge in [0, 0.05) is 11.8 Å². The molecule has 0 aromatic carbocycles. The summed E-state index contributed by atoms with van der Waals surface area (Å²) in [6, 6.07) is 0. The first-order chi connectivity index (χ1) is 6.20. The van der Waals surface area contributed by atoms with Gasteiger partial charge in [0.2, 0.25) is 0 Å². The van der Waals surface area contributed by atoms with Crippen LogP contribution in [-0.4, -0.2) is 21.5 Å². The Morgan fingerprint density at radius 2 is 1.46 bits per heavy atom. The van der Waals surface area contributed by atoms with Gasteiger partial charge >= 0.3 is 0 Å². The first-order valence-electron chi connectivity index (χ1n) is 4.66. The van der Waals surface area contributed by atoms with E-state index >= 15 is 0 Å². The van der Waals surface area contributed by atoms with Gasteiger partial charge in [0.15, 0.2) is 0 Å². The largest absolute Gasteiger partial charge is 0.501 e. The fourth-order valence-electron chi connectivity index (χ4n) is 2.03. The molecule has 0 aromatic heterocycles. The van der Waals surface area contributed by atoms with E-state index in [1.807, 2.05) is 0 Å². The summed E-state index contributed by atoms with van der Waals surface area (Å²) in [6.07, 6.45) is 2.28. The predicted molar refractivity (Wildman–Crippen MR) is 56.0 cm³/mol. The third kappa shape index (κ3) is 2.08. The minimum absolute atomic E-state index is 0.400.